The summed E-state index contributed by atoms with van der Waals surface area (Å²) in [7, 11) is 0. The zero-order valence-corrected chi connectivity index (χ0v) is 16.0. The number of aromatic nitrogens is 2. The molecule has 1 atom stereocenters. The minimum atomic E-state index is -1.55. The Kier molecular flexibility index (Phi) is 4.33. The van der Waals surface area contributed by atoms with E-state index in [4.69, 9.17) is 16.3 Å². The topological polar surface area (TPSA) is 47.3 Å². The van der Waals surface area contributed by atoms with Gasteiger partial charge in [0, 0.05) is 13.1 Å². The maximum Gasteiger partial charge on any atom is 0.223 e. The van der Waals surface area contributed by atoms with Gasteiger partial charge in [-0.1, -0.05) is 72.3 Å². The first-order chi connectivity index (χ1) is 12.9. The molecule has 0 bridgehead atoms. The molecule has 0 radical (unpaired) electrons. The van der Waals surface area contributed by atoms with Crippen LogP contribution in [0.25, 0.3) is 0 Å². The monoisotopic (exact) mass is 380 g/mol. The van der Waals surface area contributed by atoms with E-state index < -0.39 is 11.2 Å². The average molecular weight is 381 g/mol. The van der Waals surface area contributed by atoms with Crippen LogP contribution < -0.4 is 0 Å². The first-order valence-corrected chi connectivity index (χ1v) is 9.24. The van der Waals surface area contributed by atoms with Gasteiger partial charge in [0.1, 0.15) is 11.2 Å². The largest absolute Gasteiger partial charge is 0.462 e. The third kappa shape index (κ3) is 2.76. The van der Waals surface area contributed by atoms with Crippen molar-refractivity contribution in [2.24, 2.45) is 0 Å². The van der Waals surface area contributed by atoms with E-state index in [2.05, 4.69) is 5.10 Å². The van der Waals surface area contributed by atoms with Gasteiger partial charge in [-0.3, -0.25) is 4.68 Å². The van der Waals surface area contributed by atoms with Crippen LogP contribution in [0.3, 0.4) is 0 Å². The molecule has 1 aromatic heterocycles. The zero-order chi connectivity index (χ0) is 19.1. The van der Waals surface area contributed by atoms with Crippen LogP contribution in [-0.2, 0) is 16.7 Å². The second-order valence-electron chi connectivity index (χ2n) is 6.96. The number of hydrogen-bond acceptors (Lipinski definition) is 3. The molecule has 1 unspecified atom stereocenters. The van der Waals surface area contributed by atoms with Gasteiger partial charge >= 0.3 is 0 Å². The molecule has 1 N–H and O–H groups in total. The molecule has 0 fully saturated rings. The van der Waals surface area contributed by atoms with Crippen LogP contribution in [0.1, 0.15) is 23.7 Å². The highest BCUT2D eigenvalue weighted by Crippen LogP contribution is 2.55. The number of ether oxygens (including phenoxy) is 1. The molecule has 4 nitrogen and oxygen atoms in total. The smallest absolute Gasteiger partial charge is 0.223 e. The zero-order valence-electron chi connectivity index (χ0n) is 15.3. The summed E-state index contributed by atoms with van der Waals surface area (Å²) < 4.78 is 7.80. The van der Waals surface area contributed by atoms with Crippen LogP contribution >= 0.6 is 11.6 Å². The third-order valence-corrected chi connectivity index (χ3v) is 5.58. The molecule has 3 aromatic rings. The molecular weight excluding hydrogens is 360 g/mol. The highest BCUT2D eigenvalue weighted by Gasteiger charge is 2.60. The molecule has 0 saturated heterocycles. The first-order valence-electron chi connectivity index (χ1n) is 8.87. The van der Waals surface area contributed by atoms with Gasteiger partial charge in [0.05, 0.1) is 17.3 Å². The van der Waals surface area contributed by atoms with E-state index in [1.807, 2.05) is 79.9 Å². The summed E-state index contributed by atoms with van der Waals surface area (Å²) >= 11 is 6.96. The van der Waals surface area contributed by atoms with Gasteiger partial charge in [0.15, 0.2) is 0 Å². The average Bonchev–Trinajstić information content (AvgIpc) is 3.15. The van der Waals surface area contributed by atoms with E-state index in [1.54, 1.807) is 11.6 Å². The molecule has 0 saturated carbocycles. The van der Waals surface area contributed by atoms with Gasteiger partial charge in [-0.2, -0.15) is 5.10 Å². The lowest BCUT2D eigenvalue weighted by Crippen LogP contribution is -2.48. The van der Waals surface area contributed by atoms with Gasteiger partial charge in [0.2, 0.25) is 5.79 Å². The van der Waals surface area contributed by atoms with Gasteiger partial charge in [-0.25, -0.2) is 0 Å². The highest BCUT2D eigenvalue weighted by molar-refractivity contribution is 6.32. The Bertz CT molecular complexity index is 938. The van der Waals surface area contributed by atoms with Gasteiger partial charge in [0.25, 0.3) is 0 Å². The summed E-state index contributed by atoms with van der Waals surface area (Å²) in [6, 6.07) is 21.4. The van der Waals surface area contributed by atoms with Gasteiger partial charge < -0.3 is 9.84 Å². The Morgan fingerprint density at radius 3 is 2.04 bits per heavy atom. The Labute approximate surface area is 163 Å². The van der Waals surface area contributed by atoms with Crippen molar-refractivity contribution in [2.45, 2.75) is 31.6 Å². The summed E-state index contributed by atoms with van der Waals surface area (Å²) in [5, 5.41) is 16.3. The maximum atomic E-state index is 11.5. The number of halogens is 1. The van der Waals surface area contributed by atoms with Crippen LogP contribution in [0.2, 0.25) is 0 Å². The summed E-state index contributed by atoms with van der Waals surface area (Å²) in [4.78, 5) is 0. The van der Waals surface area contributed by atoms with Crippen LogP contribution in [0.5, 0.6) is 0 Å². The predicted octanol–water partition coefficient (Wildman–Crippen LogP) is 4.37. The molecular formula is C22H21ClN2O2. The summed E-state index contributed by atoms with van der Waals surface area (Å²) in [6.07, 6.45) is 1.87. The van der Waals surface area contributed by atoms with E-state index >= 15 is 0 Å². The predicted molar refractivity (Wildman–Crippen MR) is 105 cm³/mol. The van der Waals surface area contributed by atoms with Crippen LogP contribution in [0.15, 0.2) is 83.7 Å². The summed E-state index contributed by atoms with van der Waals surface area (Å²) in [6.45, 7) is 3.94. The van der Waals surface area contributed by atoms with Crippen molar-refractivity contribution in [2.75, 3.05) is 0 Å². The van der Waals surface area contributed by atoms with Crippen LogP contribution in [-0.4, -0.2) is 20.7 Å². The lowest BCUT2D eigenvalue weighted by atomic mass is 9.69. The lowest BCUT2D eigenvalue weighted by molar-refractivity contribution is -0.176. The van der Waals surface area contributed by atoms with E-state index in [1.165, 1.54) is 0 Å². The first kappa shape index (κ1) is 17.8. The van der Waals surface area contributed by atoms with E-state index in [-0.39, 0.29) is 0 Å². The fraction of sp³-hybridized carbons (Fsp3) is 0.227. The number of aryl methyl sites for hydroxylation is 1. The Morgan fingerprint density at radius 1 is 1.00 bits per heavy atom. The molecule has 1 aliphatic rings. The van der Waals surface area contributed by atoms with Crippen molar-refractivity contribution in [3.05, 3.63) is 101 Å². The van der Waals surface area contributed by atoms with Crippen molar-refractivity contribution in [1.82, 2.24) is 9.78 Å². The van der Waals surface area contributed by atoms with Crippen LogP contribution in [0.4, 0.5) is 0 Å². The standard InChI is InChI=1S/C22H21ClN2O2/c1-16-13-14-25(24-16)15-19-20(23)22(21(2,26)27-19,17-9-5-3-6-10-17)18-11-7-4-8-12-18/h3-14,26H,15H2,1-2H3. The number of benzene rings is 2. The van der Waals surface area contributed by atoms with Crippen LogP contribution in [0, 0.1) is 6.92 Å². The summed E-state index contributed by atoms with van der Waals surface area (Å²) in [5.74, 6) is -1.04. The molecule has 0 amide bonds. The Morgan fingerprint density at radius 2 is 1.56 bits per heavy atom. The molecule has 5 heteroatoms. The Hall–Kier alpha value is -2.56. The Balaban J connectivity index is 1.93. The SMILES string of the molecule is Cc1ccn(CC2=C(Cl)C(c3ccccc3)(c3ccccc3)C(C)(O)O2)n1. The second kappa shape index (κ2) is 6.55. The van der Waals surface area contributed by atoms with E-state index in [9.17, 15) is 5.11 Å². The van der Waals surface area contributed by atoms with Crippen molar-refractivity contribution >= 4 is 11.6 Å². The number of nitrogens with zero attached hydrogens (tertiary/aromatic N) is 2. The molecule has 2 heterocycles. The van der Waals surface area contributed by atoms with Crippen molar-refractivity contribution in [1.29, 1.82) is 0 Å². The maximum absolute atomic E-state index is 11.5. The van der Waals surface area contributed by atoms with Gasteiger partial charge in [-0.15, -0.1) is 0 Å². The van der Waals surface area contributed by atoms with Gasteiger partial charge in [-0.05, 0) is 24.1 Å². The van der Waals surface area contributed by atoms with Crippen molar-refractivity contribution < 1.29 is 9.84 Å². The minimum Gasteiger partial charge on any atom is -0.462 e. The molecule has 4 rings (SSSR count). The van der Waals surface area contributed by atoms with Crippen molar-refractivity contribution in [3.63, 3.8) is 0 Å². The molecule has 27 heavy (non-hydrogen) atoms. The molecule has 1 aliphatic heterocycles. The van der Waals surface area contributed by atoms with E-state index in [0.717, 1.165) is 16.8 Å². The summed E-state index contributed by atoms with van der Waals surface area (Å²) in [5.41, 5.74) is 1.64. The molecule has 0 aliphatic carbocycles. The molecule has 138 valence electrons. The lowest BCUT2D eigenvalue weighted by Gasteiger charge is -2.39. The number of hydrogen-bond donors (Lipinski definition) is 1. The normalized spacial score (nSPS) is 21.3. The fourth-order valence-electron chi connectivity index (χ4n) is 3.91. The molecule has 0 spiro atoms. The quantitative estimate of drug-likeness (QED) is 0.731. The fourth-order valence-corrected chi connectivity index (χ4v) is 4.40. The minimum absolute atomic E-state index is 0.351. The number of aliphatic hydroxyl groups is 1. The van der Waals surface area contributed by atoms with Crippen molar-refractivity contribution in [3.8, 4) is 0 Å². The second-order valence-corrected chi connectivity index (χ2v) is 7.34. The number of allylic oxidation sites excluding steroid dienone is 1. The third-order valence-electron chi connectivity index (χ3n) is 5.08. The molecule has 2 aromatic carbocycles. The highest BCUT2D eigenvalue weighted by atomic mass is 35.5. The van der Waals surface area contributed by atoms with E-state index in [0.29, 0.717) is 17.3 Å². The number of rotatable bonds is 4.